The fourth-order valence-corrected chi connectivity index (χ4v) is 3.33. The summed E-state index contributed by atoms with van der Waals surface area (Å²) < 4.78 is 0. The second-order valence-electron chi connectivity index (χ2n) is 5.44. The number of amides is 2. The summed E-state index contributed by atoms with van der Waals surface area (Å²) in [5.41, 5.74) is 0. The Morgan fingerprint density at radius 1 is 1.62 bits per heavy atom. The summed E-state index contributed by atoms with van der Waals surface area (Å²) in [6, 6.07) is -0.310. The zero-order chi connectivity index (χ0) is 15.4. The van der Waals surface area contributed by atoms with Crippen LogP contribution in [0, 0.1) is 11.8 Å². The predicted octanol–water partition coefficient (Wildman–Crippen LogP) is 2.35. The first kappa shape index (κ1) is 15.8. The highest BCUT2D eigenvalue weighted by Gasteiger charge is 2.34. The fraction of sp³-hybridized carbons (Fsp3) is 0.643. The van der Waals surface area contributed by atoms with Gasteiger partial charge < -0.3 is 15.3 Å². The first-order valence-electron chi connectivity index (χ1n) is 7.20. The van der Waals surface area contributed by atoms with Crippen molar-refractivity contribution in [1.29, 1.82) is 0 Å². The van der Waals surface area contributed by atoms with E-state index in [1.54, 1.807) is 11.1 Å². The molecule has 1 saturated heterocycles. The molecular formula is C14H21N3O3S. The van der Waals surface area contributed by atoms with Crippen molar-refractivity contribution in [2.45, 2.75) is 32.7 Å². The van der Waals surface area contributed by atoms with Crippen LogP contribution in [0.1, 0.15) is 37.7 Å². The number of piperidine rings is 1. The topological polar surface area (TPSA) is 82.5 Å². The minimum Gasteiger partial charge on any atom is -0.481 e. The lowest BCUT2D eigenvalue weighted by molar-refractivity contribution is -0.145. The van der Waals surface area contributed by atoms with Gasteiger partial charge >= 0.3 is 12.0 Å². The Labute approximate surface area is 128 Å². The number of carboxylic acid groups (broad SMARTS) is 1. The molecule has 0 aliphatic carbocycles. The minimum atomic E-state index is -0.827. The lowest BCUT2D eigenvalue weighted by Crippen LogP contribution is -2.50. The molecule has 3 unspecified atom stereocenters. The summed E-state index contributed by atoms with van der Waals surface area (Å²) in [5.74, 6) is -1.20. The van der Waals surface area contributed by atoms with Gasteiger partial charge in [0.1, 0.15) is 5.01 Å². The SMILES string of the molecule is CCC(NC(=O)N1CCC(C)C(C(=O)O)C1)c1nccs1. The number of carboxylic acids is 1. The number of hydrogen-bond acceptors (Lipinski definition) is 4. The number of urea groups is 1. The molecule has 7 heteroatoms. The fourth-order valence-electron chi connectivity index (χ4n) is 2.56. The molecule has 1 aromatic heterocycles. The summed E-state index contributed by atoms with van der Waals surface area (Å²) in [5, 5.41) is 14.9. The third-order valence-electron chi connectivity index (χ3n) is 4.02. The summed E-state index contributed by atoms with van der Waals surface area (Å²) in [7, 11) is 0. The van der Waals surface area contributed by atoms with Crippen LogP contribution >= 0.6 is 11.3 Å². The molecule has 2 N–H and O–H groups in total. The molecule has 1 aromatic rings. The van der Waals surface area contributed by atoms with Gasteiger partial charge in [0.05, 0.1) is 12.0 Å². The highest BCUT2D eigenvalue weighted by atomic mass is 32.1. The molecule has 116 valence electrons. The van der Waals surface area contributed by atoms with E-state index in [1.165, 1.54) is 11.3 Å². The van der Waals surface area contributed by atoms with Gasteiger partial charge in [-0.2, -0.15) is 0 Å². The van der Waals surface area contributed by atoms with Crippen molar-refractivity contribution in [3.05, 3.63) is 16.6 Å². The highest BCUT2D eigenvalue weighted by molar-refractivity contribution is 7.09. The third kappa shape index (κ3) is 3.72. The maximum absolute atomic E-state index is 12.3. The molecule has 0 radical (unpaired) electrons. The second-order valence-corrected chi connectivity index (χ2v) is 6.36. The average Bonchev–Trinajstić information content (AvgIpc) is 2.98. The minimum absolute atomic E-state index is 0.104. The largest absolute Gasteiger partial charge is 0.481 e. The Balaban J connectivity index is 1.98. The van der Waals surface area contributed by atoms with E-state index in [0.717, 1.165) is 17.8 Å². The van der Waals surface area contributed by atoms with E-state index in [9.17, 15) is 14.7 Å². The number of aliphatic carboxylic acids is 1. The summed E-state index contributed by atoms with van der Waals surface area (Å²) in [4.78, 5) is 29.4. The van der Waals surface area contributed by atoms with E-state index in [2.05, 4.69) is 10.3 Å². The normalized spacial score (nSPS) is 23.6. The third-order valence-corrected chi connectivity index (χ3v) is 4.91. The predicted molar refractivity (Wildman–Crippen MR) is 80.2 cm³/mol. The molecule has 2 amide bonds. The van der Waals surface area contributed by atoms with Crippen LogP contribution in [0.2, 0.25) is 0 Å². The monoisotopic (exact) mass is 311 g/mol. The molecule has 0 aromatic carbocycles. The van der Waals surface area contributed by atoms with E-state index >= 15 is 0 Å². The van der Waals surface area contributed by atoms with E-state index in [0.29, 0.717) is 6.54 Å². The molecule has 0 bridgehead atoms. The van der Waals surface area contributed by atoms with Crippen molar-refractivity contribution in [1.82, 2.24) is 15.2 Å². The van der Waals surface area contributed by atoms with Crippen LogP contribution in [0.4, 0.5) is 4.79 Å². The summed E-state index contributed by atoms with van der Waals surface area (Å²) in [6.45, 7) is 4.80. The number of nitrogens with zero attached hydrogens (tertiary/aromatic N) is 2. The van der Waals surface area contributed by atoms with Gasteiger partial charge in [0.25, 0.3) is 0 Å². The van der Waals surface area contributed by atoms with E-state index < -0.39 is 11.9 Å². The van der Waals surface area contributed by atoms with Crippen LogP contribution in [0.25, 0.3) is 0 Å². The Bertz CT molecular complexity index is 492. The Morgan fingerprint density at radius 2 is 2.38 bits per heavy atom. The lowest BCUT2D eigenvalue weighted by atomic mass is 9.87. The van der Waals surface area contributed by atoms with Gasteiger partial charge in [0, 0.05) is 24.7 Å². The molecule has 1 fully saturated rings. The summed E-state index contributed by atoms with van der Waals surface area (Å²) >= 11 is 1.51. The van der Waals surface area contributed by atoms with Crippen LogP contribution < -0.4 is 5.32 Å². The standard InChI is InChI=1S/C14H21N3O3S/c1-3-11(12-15-5-7-21-12)16-14(20)17-6-4-9(2)10(8-17)13(18)19/h5,7,9-11H,3-4,6,8H2,1-2H3,(H,16,20)(H,18,19). The van der Waals surface area contributed by atoms with E-state index in [1.807, 2.05) is 19.2 Å². The van der Waals surface area contributed by atoms with Crippen molar-refractivity contribution in [3.63, 3.8) is 0 Å². The number of carbonyl (C=O) groups is 2. The number of aromatic nitrogens is 1. The first-order valence-corrected chi connectivity index (χ1v) is 8.08. The number of carbonyl (C=O) groups excluding carboxylic acids is 1. The van der Waals surface area contributed by atoms with Gasteiger partial charge in [0.15, 0.2) is 0 Å². The molecule has 1 aliphatic heterocycles. The van der Waals surface area contributed by atoms with Crippen LogP contribution in [0.5, 0.6) is 0 Å². The van der Waals surface area contributed by atoms with E-state index in [-0.39, 0.29) is 24.5 Å². The highest BCUT2D eigenvalue weighted by Crippen LogP contribution is 2.24. The van der Waals surface area contributed by atoms with E-state index in [4.69, 9.17) is 0 Å². The van der Waals surface area contributed by atoms with Crippen LogP contribution in [-0.4, -0.2) is 40.1 Å². The molecular weight excluding hydrogens is 290 g/mol. The summed E-state index contributed by atoms with van der Waals surface area (Å²) in [6.07, 6.45) is 3.20. The van der Waals surface area contributed by atoms with Crippen LogP contribution in [0.15, 0.2) is 11.6 Å². The molecule has 6 nitrogen and oxygen atoms in total. The molecule has 0 spiro atoms. The van der Waals surface area contributed by atoms with Crippen molar-refractivity contribution >= 4 is 23.3 Å². The molecule has 21 heavy (non-hydrogen) atoms. The van der Waals surface area contributed by atoms with Crippen molar-refractivity contribution in [2.24, 2.45) is 11.8 Å². The van der Waals surface area contributed by atoms with Gasteiger partial charge in [-0.1, -0.05) is 13.8 Å². The van der Waals surface area contributed by atoms with Gasteiger partial charge in [0.2, 0.25) is 0 Å². The zero-order valence-electron chi connectivity index (χ0n) is 12.3. The van der Waals surface area contributed by atoms with Crippen molar-refractivity contribution in [3.8, 4) is 0 Å². The number of likely N-dealkylation sites (tertiary alicyclic amines) is 1. The first-order chi connectivity index (χ1) is 10.0. The van der Waals surface area contributed by atoms with Gasteiger partial charge in [-0.3, -0.25) is 4.79 Å². The molecule has 1 aliphatic rings. The molecule has 2 heterocycles. The van der Waals surface area contributed by atoms with Gasteiger partial charge in [-0.15, -0.1) is 11.3 Å². The van der Waals surface area contributed by atoms with Crippen LogP contribution in [0.3, 0.4) is 0 Å². The van der Waals surface area contributed by atoms with Crippen LogP contribution in [-0.2, 0) is 4.79 Å². The second kappa shape index (κ2) is 6.89. The Morgan fingerprint density at radius 3 is 2.95 bits per heavy atom. The quantitative estimate of drug-likeness (QED) is 0.894. The number of rotatable bonds is 4. The lowest BCUT2D eigenvalue weighted by Gasteiger charge is -2.35. The van der Waals surface area contributed by atoms with Crippen molar-refractivity contribution < 1.29 is 14.7 Å². The Hall–Kier alpha value is -1.63. The zero-order valence-corrected chi connectivity index (χ0v) is 13.1. The average molecular weight is 311 g/mol. The maximum atomic E-state index is 12.3. The van der Waals surface area contributed by atoms with Crippen molar-refractivity contribution in [2.75, 3.05) is 13.1 Å². The smallest absolute Gasteiger partial charge is 0.317 e. The molecule has 2 rings (SSSR count). The number of thiazole rings is 1. The molecule has 0 saturated carbocycles. The number of hydrogen-bond donors (Lipinski definition) is 2. The Kier molecular flexibility index (Phi) is 5.17. The van der Waals surface area contributed by atoms with Gasteiger partial charge in [-0.05, 0) is 18.8 Å². The van der Waals surface area contributed by atoms with Gasteiger partial charge in [-0.25, -0.2) is 9.78 Å². The number of nitrogens with one attached hydrogen (secondary N) is 1. The maximum Gasteiger partial charge on any atom is 0.317 e. The molecule has 3 atom stereocenters.